The maximum atomic E-state index is 2.54. The quantitative estimate of drug-likeness (QED) is 0.322. The largest absolute Gasteiger partial charge is 0.340 e. The van der Waals surface area contributed by atoms with E-state index in [4.69, 9.17) is 0 Å². The Balaban J connectivity index is 1.83. The average molecular weight is 333 g/mol. The molecule has 1 aliphatic carbocycles. The molecule has 0 aliphatic heterocycles. The molecule has 0 radical (unpaired) electrons. The van der Waals surface area contributed by atoms with Crippen LogP contribution in [0.4, 0.5) is 0 Å². The molecule has 124 valence electrons. The summed E-state index contributed by atoms with van der Waals surface area (Å²) in [7, 11) is 0. The van der Waals surface area contributed by atoms with Crippen LogP contribution >= 0.6 is 0 Å². The van der Waals surface area contributed by atoms with E-state index in [9.17, 15) is 0 Å². The molecule has 0 bridgehead atoms. The minimum Gasteiger partial charge on any atom is -0.340 e. The summed E-state index contributed by atoms with van der Waals surface area (Å²) in [5.74, 6) is 0. The van der Waals surface area contributed by atoms with Crippen molar-refractivity contribution in [1.29, 1.82) is 0 Å². The summed E-state index contributed by atoms with van der Waals surface area (Å²) in [4.78, 5) is 0. The highest BCUT2D eigenvalue weighted by molar-refractivity contribution is 6.19. The number of aromatic nitrogens is 1. The first-order valence-corrected chi connectivity index (χ1v) is 9.40. The van der Waals surface area contributed by atoms with Crippen LogP contribution in [0.3, 0.4) is 0 Å². The second-order valence-electron chi connectivity index (χ2n) is 7.25. The molecule has 26 heavy (non-hydrogen) atoms. The Labute approximate surface area is 152 Å². The molecule has 0 atom stereocenters. The molecule has 0 saturated carbocycles. The van der Waals surface area contributed by atoms with Crippen LogP contribution in [0.15, 0.2) is 72.8 Å². The molecule has 1 heteroatoms. The molecule has 0 amide bonds. The molecular weight excluding hydrogens is 314 g/mol. The fourth-order valence-corrected chi connectivity index (χ4v) is 4.91. The van der Waals surface area contributed by atoms with Crippen LogP contribution < -0.4 is 0 Å². The number of hydrogen-bond donors (Lipinski definition) is 0. The minimum absolute atomic E-state index is 0.987. The van der Waals surface area contributed by atoms with E-state index in [0.717, 1.165) is 13.0 Å². The van der Waals surface area contributed by atoms with Crippen LogP contribution in [0.1, 0.15) is 18.1 Å². The zero-order valence-corrected chi connectivity index (χ0v) is 14.8. The molecule has 4 aromatic carbocycles. The zero-order chi connectivity index (χ0) is 17.3. The Hall–Kier alpha value is -3.06. The highest BCUT2D eigenvalue weighted by atomic mass is 15.0. The van der Waals surface area contributed by atoms with Crippen molar-refractivity contribution in [2.45, 2.75) is 19.9 Å². The van der Waals surface area contributed by atoms with E-state index >= 15 is 0 Å². The number of rotatable bonds is 1. The van der Waals surface area contributed by atoms with Gasteiger partial charge in [0.05, 0.1) is 11.0 Å². The van der Waals surface area contributed by atoms with Gasteiger partial charge in [0, 0.05) is 29.1 Å². The number of aryl methyl sites for hydroxylation is 1. The Kier molecular flexibility index (Phi) is 2.71. The van der Waals surface area contributed by atoms with Gasteiger partial charge in [-0.1, -0.05) is 72.8 Å². The van der Waals surface area contributed by atoms with Gasteiger partial charge in [0.1, 0.15) is 0 Å². The lowest BCUT2D eigenvalue weighted by atomic mass is 10.0. The first-order valence-electron chi connectivity index (χ1n) is 9.40. The van der Waals surface area contributed by atoms with Crippen molar-refractivity contribution >= 4 is 32.6 Å². The van der Waals surface area contributed by atoms with Gasteiger partial charge >= 0.3 is 0 Å². The SMILES string of the molecule is CCn1c2c3c(ccc2c2ccc4ccccc4c21)-c1ccccc1C3. The Morgan fingerprint density at radius 1 is 0.692 bits per heavy atom. The molecule has 1 aromatic heterocycles. The second kappa shape index (κ2) is 4.98. The molecule has 0 spiro atoms. The van der Waals surface area contributed by atoms with Crippen LogP contribution in [0.2, 0.25) is 0 Å². The van der Waals surface area contributed by atoms with Gasteiger partial charge in [-0.2, -0.15) is 0 Å². The van der Waals surface area contributed by atoms with Crippen LogP contribution in [0.25, 0.3) is 43.7 Å². The van der Waals surface area contributed by atoms with Gasteiger partial charge in [0.15, 0.2) is 0 Å². The van der Waals surface area contributed by atoms with Gasteiger partial charge in [-0.05, 0) is 34.6 Å². The molecule has 0 saturated heterocycles. The van der Waals surface area contributed by atoms with Crippen molar-refractivity contribution in [3.8, 4) is 11.1 Å². The number of fused-ring (bicyclic) bond motifs is 9. The van der Waals surface area contributed by atoms with Crippen molar-refractivity contribution in [3.63, 3.8) is 0 Å². The summed E-state index contributed by atoms with van der Waals surface area (Å²) in [6.07, 6.45) is 1.04. The van der Waals surface area contributed by atoms with E-state index in [1.807, 2.05) is 0 Å². The summed E-state index contributed by atoms with van der Waals surface area (Å²) in [6, 6.07) is 26.8. The molecule has 5 aromatic rings. The fraction of sp³-hybridized carbons (Fsp3) is 0.120. The lowest BCUT2D eigenvalue weighted by molar-refractivity contribution is 0.826. The summed E-state index contributed by atoms with van der Waals surface area (Å²) in [5, 5.41) is 5.43. The topological polar surface area (TPSA) is 4.93 Å². The van der Waals surface area contributed by atoms with E-state index in [1.54, 1.807) is 0 Å². The molecule has 1 nitrogen and oxygen atoms in total. The second-order valence-corrected chi connectivity index (χ2v) is 7.25. The van der Waals surface area contributed by atoms with Crippen LogP contribution in [0.5, 0.6) is 0 Å². The van der Waals surface area contributed by atoms with Gasteiger partial charge in [0.2, 0.25) is 0 Å². The molecule has 6 rings (SSSR count). The Morgan fingerprint density at radius 3 is 2.38 bits per heavy atom. The molecule has 1 aliphatic rings. The molecule has 1 heterocycles. The van der Waals surface area contributed by atoms with Crippen molar-refractivity contribution in [2.75, 3.05) is 0 Å². The van der Waals surface area contributed by atoms with Gasteiger partial charge in [0.25, 0.3) is 0 Å². The van der Waals surface area contributed by atoms with Gasteiger partial charge < -0.3 is 4.57 Å². The minimum atomic E-state index is 0.987. The number of benzene rings is 4. The fourth-order valence-electron chi connectivity index (χ4n) is 4.91. The Morgan fingerprint density at radius 2 is 1.46 bits per heavy atom. The lowest BCUT2D eigenvalue weighted by Crippen LogP contribution is -1.97. The van der Waals surface area contributed by atoms with E-state index in [2.05, 4.69) is 84.3 Å². The maximum Gasteiger partial charge on any atom is 0.0571 e. The highest BCUT2D eigenvalue weighted by Crippen LogP contribution is 2.44. The smallest absolute Gasteiger partial charge is 0.0571 e. The summed E-state index contributed by atoms with van der Waals surface area (Å²) in [6.45, 7) is 3.25. The highest BCUT2D eigenvalue weighted by Gasteiger charge is 2.24. The molecule has 0 unspecified atom stereocenters. The van der Waals surface area contributed by atoms with E-state index in [-0.39, 0.29) is 0 Å². The normalized spacial score (nSPS) is 12.8. The number of hydrogen-bond acceptors (Lipinski definition) is 0. The third-order valence-electron chi connectivity index (χ3n) is 6.00. The standard InChI is InChI=1S/C25H19N/c1-2-26-24-19-10-6-3-7-16(19)11-12-21(24)22-14-13-20-18-9-5-4-8-17(18)15-23(20)25(22)26/h3-14H,2,15H2,1H3. The predicted octanol–water partition coefficient (Wildman–Crippen LogP) is 6.54. The van der Waals surface area contributed by atoms with Crippen LogP contribution in [-0.4, -0.2) is 4.57 Å². The summed E-state index contributed by atoms with van der Waals surface area (Å²) < 4.78 is 2.54. The molecule has 0 N–H and O–H groups in total. The summed E-state index contributed by atoms with van der Waals surface area (Å²) in [5.41, 5.74) is 8.56. The van der Waals surface area contributed by atoms with Crippen molar-refractivity contribution in [3.05, 3.63) is 83.9 Å². The van der Waals surface area contributed by atoms with E-state index in [0.29, 0.717) is 0 Å². The van der Waals surface area contributed by atoms with Crippen molar-refractivity contribution in [2.24, 2.45) is 0 Å². The first-order chi connectivity index (χ1) is 12.9. The average Bonchev–Trinajstić information content (AvgIpc) is 3.23. The van der Waals surface area contributed by atoms with Gasteiger partial charge in [-0.25, -0.2) is 0 Å². The number of nitrogens with zero attached hydrogens (tertiary/aromatic N) is 1. The van der Waals surface area contributed by atoms with Crippen molar-refractivity contribution in [1.82, 2.24) is 4.57 Å². The zero-order valence-electron chi connectivity index (χ0n) is 14.8. The molecule has 0 fully saturated rings. The lowest BCUT2D eigenvalue weighted by Gasteiger charge is -2.09. The monoisotopic (exact) mass is 333 g/mol. The molecular formula is C25H19N. The van der Waals surface area contributed by atoms with E-state index in [1.165, 1.54) is 54.8 Å². The maximum absolute atomic E-state index is 2.54. The first kappa shape index (κ1) is 14.1. The van der Waals surface area contributed by atoms with Crippen LogP contribution in [0, 0.1) is 0 Å². The Bertz CT molecular complexity index is 1340. The predicted molar refractivity (Wildman–Crippen MR) is 111 cm³/mol. The summed E-state index contributed by atoms with van der Waals surface area (Å²) >= 11 is 0. The van der Waals surface area contributed by atoms with E-state index < -0.39 is 0 Å². The van der Waals surface area contributed by atoms with Gasteiger partial charge in [-0.3, -0.25) is 0 Å². The van der Waals surface area contributed by atoms with Crippen LogP contribution in [-0.2, 0) is 13.0 Å². The third kappa shape index (κ3) is 1.65. The third-order valence-corrected chi connectivity index (χ3v) is 6.00. The van der Waals surface area contributed by atoms with Crippen molar-refractivity contribution < 1.29 is 0 Å². The van der Waals surface area contributed by atoms with Gasteiger partial charge in [-0.15, -0.1) is 0 Å².